The third-order valence-corrected chi connectivity index (χ3v) is 18.6. The lowest BCUT2D eigenvalue weighted by Crippen LogP contribution is -2.60. The molecule has 3 N–H and O–H groups in total. The molecule has 6 heterocycles. The Morgan fingerprint density at radius 1 is 0.559 bits per heavy atom. The van der Waals surface area contributed by atoms with Crippen molar-refractivity contribution in [1.82, 2.24) is 53.8 Å². The monoisotopic (exact) mass is 1420 g/mol. The number of anilines is 1. The number of carbonyl (C=O) groups excluding carboxylic acids is 2. The number of aryl methyl sites for hydroxylation is 2. The van der Waals surface area contributed by atoms with E-state index in [1.165, 1.54) is 52.3 Å². The van der Waals surface area contributed by atoms with E-state index in [-0.39, 0.29) is 67.8 Å². The molecule has 4 aromatic carbocycles. The molecule has 500 valence electrons. The van der Waals surface area contributed by atoms with E-state index in [4.69, 9.17) is 11.6 Å². The molecular weight excluding hydrogens is 1380 g/mol. The number of hydrogen-bond donors (Lipinski definition) is 3. The van der Waals surface area contributed by atoms with Gasteiger partial charge in [0.2, 0.25) is 51.4 Å². The number of nitrogens with one attached hydrogen (secondary N) is 3. The highest BCUT2D eigenvalue weighted by molar-refractivity contribution is 7.89. The van der Waals surface area contributed by atoms with Gasteiger partial charge in [-0.25, -0.2) is 25.9 Å². The van der Waals surface area contributed by atoms with Crippen LogP contribution in [0.1, 0.15) is 22.5 Å². The highest BCUT2D eigenvalue weighted by Gasteiger charge is 2.43. The molecule has 8 aromatic rings. The van der Waals surface area contributed by atoms with E-state index >= 15 is 0 Å². The predicted molar refractivity (Wildman–Crippen MR) is 305 cm³/mol. The van der Waals surface area contributed by atoms with Gasteiger partial charge in [0.1, 0.15) is 35.1 Å². The highest BCUT2D eigenvalue weighted by atomic mass is 35.5. The zero-order valence-corrected chi connectivity index (χ0v) is 51.2. The van der Waals surface area contributed by atoms with Gasteiger partial charge in [-0.3, -0.25) is 19.2 Å². The van der Waals surface area contributed by atoms with Crippen LogP contribution < -0.4 is 50.9 Å². The van der Waals surface area contributed by atoms with Gasteiger partial charge >= 0.3 is 25.4 Å². The van der Waals surface area contributed by atoms with Gasteiger partial charge in [0.25, 0.3) is 11.1 Å². The van der Waals surface area contributed by atoms with Gasteiger partial charge in [-0.2, -0.15) is 18.6 Å². The number of fused-ring (bicyclic) bond motifs is 2. The Morgan fingerprint density at radius 2 is 0.935 bits per heavy atom. The minimum Gasteiger partial charge on any atom is -0.406 e. The molecule has 2 aliphatic heterocycles. The molecule has 2 fully saturated rings. The fourth-order valence-electron chi connectivity index (χ4n) is 8.76. The van der Waals surface area contributed by atoms with Crippen LogP contribution in [0.5, 0.6) is 23.0 Å². The normalized spacial score (nSPS) is 16.1. The second-order valence-electron chi connectivity index (χ2n) is 19.4. The van der Waals surface area contributed by atoms with Gasteiger partial charge < -0.3 is 39.8 Å². The number of rotatable bonds is 15. The first kappa shape index (κ1) is 70.5. The first-order valence-corrected chi connectivity index (χ1v) is 31.2. The van der Waals surface area contributed by atoms with Crippen LogP contribution in [0.3, 0.4) is 0 Å². The maximum Gasteiger partial charge on any atom is 0.573 e. The summed E-state index contributed by atoms with van der Waals surface area (Å²) in [7, 11) is -8.71. The molecule has 0 bridgehead atoms. The number of benzene rings is 4. The summed E-state index contributed by atoms with van der Waals surface area (Å²) in [6.45, 7) is 2.85. The van der Waals surface area contributed by atoms with Crippen molar-refractivity contribution in [1.29, 1.82) is 0 Å². The summed E-state index contributed by atoms with van der Waals surface area (Å²) in [5.74, 6) is -3.60. The average molecular weight is 1420 g/mol. The standard InChI is InChI=1S/C26H22F6N6O6S2.C20H19F6N3O5S.C6H4ClN3OS/c1-15-12-21(39)34-23-38(15)35-24(45-23)36-10-11-37(46(41,42)19-8-6-18(7-9-19)44-26(30,31)32)20(14-36)22(40)33-13-16-2-4-17(5-3-16)43-25(27,28)29;21-19(22,23)33-14-3-1-13(2-4-14)11-28-18(30)17-12-27-9-10-29(17)35(31,32)16-7-5-15(6-8-16)34-20(24,25)26;1-3-2-4(11)8-6-10(3)9-5(7)12-6/h2-9,12,20H,10-11,13-14H2,1H3,(H,33,40);1-8,17,27H,9-12H2,(H,28,30);2H,1H3/t20-;17-;/m11./s1. The predicted octanol–water partition coefficient (Wildman–Crippen LogP) is 7.33. The molecule has 0 radical (unpaired) electrons. The number of halogens is 13. The molecular formula is C52H45ClF12N12O12S4. The Labute approximate surface area is 528 Å². The van der Waals surface area contributed by atoms with E-state index in [9.17, 15) is 88.7 Å². The van der Waals surface area contributed by atoms with Crippen molar-refractivity contribution >= 4 is 81.2 Å². The van der Waals surface area contributed by atoms with Crippen molar-refractivity contribution in [3.63, 3.8) is 0 Å². The van der Waals surface area contributed by atoms with Crippen LogP contribution in [-0.4, -0.2) is 143 Å². The van der Waals surface area contributed by atoms with Crippen LogP contribution in [-0.2, 0) is 42.7 Å². The molecule has 0 aliphatic carbocycles. The summed E-state index contributed by atoms with van der Waals surface area (Å²) in [6, 6.07) is 16.6. The van der Waals surface area contributed by atoms with Gasteiger partial charge in [0.15, 0.2) is 0 Å². The second-order valence-corrected chi connectivity index (χ2v) is 25.6. The van der Waals surface area contributed by atoms with Crippen LogP contribution in [0.15, 0.2) is 129 Å². The third-order valence-electron chi connectivity index (χ3n) is 12.8. The lowest BCUT2D eigenvalue weighted by atomic mass is 10.2. The lowest BCUT2D eigenvalue weighted by molar-refractivity contribution is -0.275. The molecule has 93 heavy (non-hydrogen) atoms. The highest BCUT2D eigenvalue weighted by Crippen LogP contribution is 2.32. The van der Waals surface area contributed by atoms with E-state index in [1.54, 1.807) is 23.3 Å². The van der Waals surface area contributed by atoms with Gasteiger partial charge in [-0.15, -0.1) is 62.9 Å². The van der Waals surface area contributed by atoms with Gasteiger partial charge in [0, 0.05) is 75.9 Å². The van der Waals surface area contributed by atoms with Crippen molar-refractivity contribution < 1.29 is 98.1 Å². The van der Waals surface area contributed by atoms with E-state index in [1.807, 2.05) is 0 Å². The molecule has 24 nitrogen and oxygen atoms in total. The third kappa shape index (κ3) is 19.3. The Hall–Kier alpha value is -8.41. The smallest absolute Gasteiger partial charge is 0.406 e. The minimum absolute atomic E-state index is 0.0291. The largest absolute Gasteiger partial charge is 0.573 e. The molecule has 4 aromatic heterocycles. The van der Waals surface area contributed by atoms with Crippen molar-refractivity contribution in [2.45, 2.75) is 74.3 Å². The summed E-state index contributed by atoms with van der Waals surface area (Å²) in [5.41, 5.74) is 1.32. The van der Waals surface area contributed by atoms with Crippen molar-refractivity contribution in [3.8, 4) is 23.0 Å². The Bertz CT molecular complexity index is 4320. The first-order valence-electron chi connectivity index (χ1n) is 26.3. The molecule has 41 heteroatoms. The van der Waals surface area contributed by atoms with E-state index in [2.05, 4.69) is 55.1 Å². The summed E-state index contributed by atoms with van der Waals surface area (Å²) in [6.07, 6.45) is -19.7. The summed E-state index contributed by atoms with van der Waals surface area (Å²) < 4.78 is 223. The lowest BCUT2D eigenvalue weighted by Gasteiger charge is -2.39. The number of carbonyl (C=O) groups is 2. The van der Waals surface area contributed by atoms with Gasteiger partial charge in [-0.1, -0.05) is 46.9 Å². The van der Waals surface area contributed by atoms with Gasteiger partial charge in [0.05, 0.1) is 9.79 Å². The quantitative estimate of drug-likeness (QED) is 0.0847. The Morgan fingerprint density at radius 3 is 1.35 bits per heavy atom. The zero-order chi connectivity index (χ0) is 68.0. The van der Waals surface area contributed by atoms with Crippen LogP contribution in [0.2, 0.25) is 4.47 Å². The molecule has 2 aliphatic rings. The first-order chi connectivity index (χ1) is 43.4. The van der Waals surface area contributed by atoms with Crippen molar-refractivity contribution in [2.75, 3.05) is 44.2 Å². The van der Waals surface area contributed by atoms with Gasteiger partial charge in [-0.05, 0) is 109 Å². The van der Waals surface area contributed by atoms with E-state index in [0.717, 1.165) is 98.4 Å². The number of nitrogens with zero attached hydrogens (tertiary/aromatic N) is 9. The van der Waals surface area contributed by atoms with Crippen molar-refractivity contribution in [3.05, 3.63) is 157 Å². The zero-order valence-electron chi connectivity index (χ0n) is 47.2. The van der Waals surface area contributed by atoms with Crippen LogP contribution in [0, 0.1) is 13.8 Å². The molecule has 0 saturated carbocycles. The Balaban J connectivity index is 0.000000207. The topological polar surface area (TPSA) is 280 Å². The molecule has 0 unspecified atom stereocenters. The molecule has 10 rings (SSSR count). The fraction of sp³-hybridized carbons (Fsp3) is 0.308. The number of aromatic nitrogens is 6. The summed E-state index contributed by atoms with van der Waals surface area (Å²) in [5, 5.41) is 16.7. The number of piperazine rings is 2. The van der Waals surface area contributed by atoms with Crippen LogP contribution in [0.25, 0.3) is 9.92 Å². The van der Waals surface area contributed by atoms with Crippen LogP contribution in [0.4, 0.5) is 57.8 Å². The summed E-state index contributed by atoms with van der Waals surface area (Å²) in [4.78, 5) is 58.4. The fourth-order valence-corrected chi connectivity index (χ4v) is 13.9. The minimum atomic E-state index is -4.99. The number of hydrogen-bond acceptors (Lipinski definition) is 20. The molecule has 2 amide bonds. The number of sulfonamides is 2. The number of amides is 2. The van der Waals surface area contributed by atoms with E-state index < -0.39 is 103 Å². The molecule has 2 saturated heterocycles. The maximum absolute atomic E-state index is 13.7. The SMILES string of the molecule is Cc1cc(=O)nc2sc(Cl)nn12.Cc1cc(=O)nc2sc(N3CCN(S(=O)(=O)c4ccc(OC(F)(F)F)cc4)[C@@H](C(=O)NCc4ccc(OC(F)(F)F)cc4)C3)nn12.O=C(NCc1ccc(OC(F)(F)F)cc1)[C@H]1CNCCN1S(=O)(=O)c1ccc(OC(F)(F)F)cc1. The number of ether oxygens (including phenoxy) is 4. The molecule has 2 atom stereocenters. The molecule has 0 spiro atoms. The van der Waals surface area contributed by atoms with Crippen molar-refractivity contribution in [2.24, 2.45) is 0 Å². The summed E-state index contributed by atoms with van der Waals surface area (Å²) >= 11 is 7.88. The van der Waals surface area contributed by atoms with Crippen LogP contribution >= 0.6 is 34.3 Å². The van der Waals surface area contributed by atoms with E-state index in [0.29, 0.717) is 31.4 Å². The second kappa shape index (κ2) is 28.4. The maximum atomic E-state index is 13.7. The average Bonchev–Trinajstić information content (AvgIpc) is 1.66. The Kier molecular flexibility index (Phi) is 21.5. The number of alkyl halides is 12.